The Bertz CT molecular complexity index is 1610. The monoisotopic (exact) mass is 548 g/mol. The first-order chi connectivity index (χ1) is 19.9. The Morgan fingerprint density at radius 1 is 0.927 bits per heavy atom. The standard InChI is InChI=1S/C35H36N2O4/c1-20(2)22-9-15-26-27(17-22)31-32(35(39)37(34(31)38)23-10-12-24(40-3)13-11-23)33-30(26)28-18-25(14-16-29(28)36-33)41-19-21-7-5-4-6-8-21/h4-8,10-14,16,18,20,22,26-27,31-32,36H,9,15,17,19H2,1-3H3/t22-,26+,27+,31+,32-/m0/s1. The van der Waals surface area contributed by atoms with Crippen LogP contribution >= 0.6 is 0 Å². The van der Waals surface area contributed by atoms with Crippen LogP contribution in [0.25, 0.3) is 10.9 Å². The fourth-order valence-corrected chi connectivity index (χ4v) is 7.70. The number of rotatable bonds is 6. The lowest BCUT2D eigenvalue weighted by Gasteiger charge is -2.44. The molecule has 0 radical (unpaired) electrons. The number of hydrogen-bond donors (Lipinski definition) is 1. The lowest BCUT2D eigenvalue weighted by Crippen LogP contribution is -2.40. The van der Waals surface area contributed by atoms with Gasteiger partial charge in [0, 0.05) is 16.6 Å². The summed E-state index contributed by atoms with van der Waals surface area (Å²) in [6, 6.07) is 23.6. The number of nitrogens with one attached hydrogen (secondary N) is 1. The molecule has 1 saturated heterocycles. The highest BCUT2D eigenvalue weighted by Gasteiger charge is 2.59. The van der Waals surface area contributed by atoms with Crippen LogP contribution in [0.3, 0.4) is 0 Å². The number of H-pyrrole nitrogens is 1. The van der Waals surface area contributed by atoms with Crippen LogP contribution in [0.1, 0.15) is 61.8 Å². The molecule has 41 heavy (non-hydrogen) atoms. The number of methoxy groups -OCH3 is 1. The van der Waals surface area contributed by atoms with E-state index in [1.54, 1.807) is 19.2 Å². The van der Waals surface area contributed by atoms with Crippen molar-refractivity contribution in [3.8, 4) is 11.5 Å². The molecule has 5 atom stereocenters. The molecule has 2 amide bonds. The van der Waals surface area contributed by atoms with Crippen molar-refractivity contribution in [1.82, 2.24) is 4.98 Å². The molecule has 1 N–H and O–H groups in total. The maximum atomic E-state index is 14.2. The molecule has 210 valence electrons. The predicted octanol–water partition coefficient (Wildman–Crippen LogP) is 7.20. The number of anilines is 1. The third kappa shape index (κ3) is 4.23. The Hall–Kier alpha value is -4.06. The summed E-state index contributed by atoms with van der Waals surface area (Å²) in [6.45, 7) is 5.06. The molecule has 2 aliphatic carbocycles. The third-order valence-electron chi connectivity index (χ3n) is 9.80. The van der Waals surface area contributed by atoms with Crippen molar-refractivity contribution >= 4 is 28.4 Å². The van der Waals surface area contributed by atoms with Gasteiger partial charge in [0.15, 0.2) is 0 Å². The number of carbonyl (C=O) groups excluding carboxylic acids is 2. The first-order valence-electron chi connectivity index (χ1n) is 14.8. The van der Waals surface area contributed by atoms with Gasteiger partial charge in [-0.25, -0.2) is 4.90 Å². The van der Waals surface area contributed by atoms with Crippen LogP contribution in [-0.2, 0) is 16.2 Å². The number of benzene rings is 3. The molecule has 6 nitrogen and oxygen atoms in total. The number of aromatic nitrogens is 1. The van der Waals surface area contributed by atoms with E-state index in [9.17, 15) is 9.59 Å². The average molecular weight is 549 g/mol. The second-order valence-electron chi connectivity index (χ2n) is 12.2. The van der Waals surface area contributed by atoms with Gasteiger partial charge in [-0.3, -0.25) is 9.59 Å². The highest BCUT2D eigenvalue weighted by atomic mass is 16.5. The lowest BCUT2D eigenvalue weighted by atomic mass is 9.58. The Morgan fingerprint density at radius 2 is 1.68 bits per heavy atom. The molecule has 2 fully saturated rings. The van der Waals surface area contributed by atoms with E-state index in [-0.39, 0.29) is 29.6 Å². The van der Waals surface area contributed by atoms with E-state index in [0.717, 1.165) is 47.2 Å². The summed E-state index contributed by atoms with van der Waals surface area (Å²) < 4.78 is 11.5. The van der Waals surface area contributed by atoms with Gasteiger partial charge in [0.25, 0.3) is 0 Å². The summed E-state index contributed by atoms with van der Waals surface area (Å²) in [4.78, 5) is 33.4. The Morgan fingerprint density at radius 3 is 2.41 bits per heavy atom. The number of ether oxygens (including phenoxy) is 2. The quantitative estimate of drug-likeness (QED) is 0.259. The first kappa shape index (κ1) is 25.9. The topological polar surface area (TPSA) is 71.6 Å². The van der Waals surface area contributed by atoms with Crippen molar-refractivity contribution in [2.45, 2.75) is 51.6 Å². The number of hydrogen-bond acceptors (Lipinski definition) is 4. The van der Waals surface area contributed by atoms with Crippen LogP contribution in [-0.4, -0.2) is 23.9 Å². The molecule has 0 spiro atoms. The zero-order chi connectivity index (χ0) is 28.2. The highest BCUT2D eigenvalue weighted by Crippen LogP contribution is 2.59. The number of amides is 2. The van der Waals surface area contributed by atoms with Gasteiger partial charge >= 0.3 is 0 Å². The molecule has 3 aliphatic rings. The van der Waals surface area contributed by atoms with E-state index in [1.807, 2.05) is 36.4 Å². The SMILES string of the molecule is COc1ccc(N2C(=O)[C@@H]3[C@@H]4C[C@@H](C(C)C)CC[C@H]4c4c([nH]c5ccc(OCc6ccccc6)cc45)[C@H]3C2=O)cc1. The summed E-state index contributed by atoms with van der Waals surface area (Å²) in [6.07, 6.45) is 3.13. The smallest absolute Gasteiger partial charge is 0.243 e. The minimum absolute atomic E-state index is 0.0687. The number of nitrogens with zero attached hydrogens (tertiary/aromatic N) is 1. The van der Waals surface area contributed by atoms with Gasteiger partial charge in [0.05, 0.1) is 24.6 Å². The van der Waals surface area contributed by atoms with E-state index in [2.05, 4.69) is 43.1 Å². The third-order valence-corrected chi connectivity index (χ3v) is 9.80. The van der Waals surface area contributed by atoms with Crippen LogP contribution in [0.15, 0.2) is 72.8 Å². The molecule has 4 aromatic rings. The molecule has 3 aromatic carbocycles. The van der Waals surface area contributed by atoms with Gasteiger partial charge in [0.1, 0.15) is 18.1 Å². The number of fused-ring (bicyclic) bond motifs is 8. The molecule has 7 rings (SSSR count). The second kappa shape index (κ2) is 10.1. The summed E-state index contributed by atoms with van der Waals surface area (Å²) in [5, 5.41) is 1.12. The molecular weight excluding hydrogens is 512 g/mol. The molecule has 6 heteroatoms. The fraction of sp³-hybridized carbons (Fsp3) is 0.371. The number of imide groups is 1. The minimum atomic E-state index is -0.507. The Kier molecular flexibility index (Phi) is 6.37. The zero-order valence-electron chi connectivity index (χ0n) is 23.8. The van der Waals surface area contributed by atoms with Crippen LogP contribution in [0, 0.1) is 23.7 Å². The Labute approximate surface area is 240 Å². The van der Waals surface area contributed by atoms with Crippen LogP contribution in [0.2, 0.25) is 0 Å². The van der Waals surface area contributed by atoms with Crippen molar-refractivity contribution < 1.29 is 19.1 Å². The first-order valence-corrected chi connectivity index (χ1v) is 14.8. The average Bonchev–Trinajstić information content (AvgIpc) is 3.50. The van der Waals surface area contributed by atoms with Crippen LogP contribution in [0.5, 0.6) is 11.5 Å². The summed E-state index contributed by atoms with van der Waals surface area (Å²) >= 11 is 0. The van der Waals surface area contributed by atoms with Crippen LogP contribution < -0.4 is 14.4 Å². The van der Waals surface area contributed by atoms with Crippen molar-refractivity contribution in [2.24, 2.45) is 23.7 Å². The number of carbonyl (C=O) groups is 2. The second-order valence-corrected chi connectivity index (χ2v) is 12.2. The van der Waals surface area contributed by atoms with Gasteiger partial charge in [-0.05, 0) is 96.5 Å². The molecule has 1 aromatic heterocycles. The molecular formula is C35H36N2O4. The van der Waals surface area contributed by atoms with E-state index in [1.165, 1.54) is 10.5 Å². The molecule has 2 heterocycles. The molecule has 1 saturated carbocycles. The van der Waals surface area contributed by atoms with Gasteiger partial charge < -0.3 is 14.5 Å². The van der Waals surface area contributed by atoms with Crippen molar-refractivity contribution in [1.29, 1.82) is 0 Å². The lowest BCUT2D eigenvalue weighted by molar-refractivity contribution is -0.123. The maximum Gasteiger partial charge on any atom is 0.243 e. The fourth-order valence-electron chi connectivity index (χ4n) is 7.70. The van der Waals surface area contributed by atoms with E-state index in [0.29, 0.717) is 29.9 Å². The largest absolute Gasteiger partial charge is 0.497 e. The van der Waals surface area contributed by atoms with Gasteiger partial charge in [-0.2, -0.15) is 0 Å². The van der Waals surface area contributed by atoms with E-state index in [4.69, 9.17) is 9.47 Å². The normalized spacial score (nSPS) is 25.3. The van der Waals surface area contributed by atoms with E-state index < -0.39 is 5.92 Å². The minimum Gasteiger partial charge on any atom is -0.497 e. The molecule has 1 aliphatic heterocycles. The summed E-state index contributed by atoms with van der Waals surface area (Å²) in [5.41, 5.74) is 4.86. The van der Waals surface area contributed by atoms with Gasteiger partial charge in [0.2, 0.25) is 11.8 Å². The van der Waals surface area contributed by atoms with E-state index >= 15 is 0 Å². The highest BCUT2D eigenvalue weighted by molar-refractivity contribution is 6.24. The predicted molar refractivity (Wildman–Crippen MR) is 159 cm³/mol. The molecule has 0 bridgehead atoms. The summed E-state index contributed by atoms with van der Waals surface area (Å²) in [7, 11) is 1.61. The van der Waals surface area contributed by atoms with Gasteiger partial charge in [-0.1, -0.05) is 44.2 Å². The van der Waals surface area contributed by atoms with Crippen molar-refractivity contribution in [3.05, 3.63) is 89.6 Å². The Balaban J connectivity index is 1.31. The summed E-state index contributed by atoms with van der Waals surface area (Å²) in [5.74, 6) is 1.89. The van der Waals surface area contributed by atoms with Crippen molar-refractivity contribution in [3.63, 3.8) is 0 Å². The van der Waals surface area contributed by atoms with Crippen molar-refractivity contribution in [2.75, 3.05) is 12.0 Å². The zero-order valence-corrected chi connectivity index (χ0v) is 23.8. The van der Waals surface area contributed by atoms with Gasteiger partial charge in [-0.15, -0.1) is 0 Å². The maximum absolute atomic E-state index is 14.2. The van der Waals surface area contributed by atoms with Crippen LogP contribution in [0.4, 0.5) is 5.69 Å². The molecule has 0 unspecified atom stereocenters. The number of aromatic amines is 1.